The molecule has 0 aliphatic carbocycles. The van der Waals surface area contributed by atoms with Gasteiger partial charge in [0.05, 0.1) is 33.6 Å². The monoisotopic (exact) mass is 527 g/mol. The third-order valence-electron chi connectivity index (χ3n) is 5.86. The summed E-state index contributed by atoms with van der Waals surface area (Å²) in [5, 5.41) is 2.77. The van der Waals surface area contributed by atoms with Gasteiger partial charge in [0, 0.05) is 31.9 Å². The lowest BCUT2D eigenvalue weighted by Crippen LogP contribution is -2.40. The Kier molecular flexibility index (Phi) is 7.60. The second-order valence-corrected chi connectivity index (χ2v) is 12.4. The van der Waals surface area contributed by atoms with Gasteiger partial charge in [-0.3, -0.25) is 4.79 Å². The number of hydrogen-bond donors (Lipinski definition) is 1. The molecule has 4 rings (SSSR count). The first-order chi connectivity index (χ1) is 16.2. The van der Waals surface area contributed by atoms with E-state index in [4.69, 9.17) is 16.3 Å². The molecule has 2 aromatic carbocycles. The van der Waals surface area contributed by atoms with Crippen LogP contribution < -0.4 is 5.32 Å². The Balaban J connectivity index is 1.51. The van der Waals surface area contributed by atoms with Crippen molar-refractivity contribution in [3.05, 3.63) is 53.1 Å². The zero-order chi connectivity index (χ0) is 24.3. The van der Waals surface area contributed by atoms with Crippen molar-refractivity contribution in [2.45, 2.75) is 29.1 Å². The Labute approximate surface area is 204 Å². The molecule has 0 bridgehead atoms. The predicted molar refractivity (Wildman–Crippen MR) is 128 cm³/mol. The summed E-state index contributed by atoms with van der Waals surface area (Å²) in [5.74, 6) is -0.593. The summed E-state index contributed by atoms with van der Waals surface area (Å²) in [4.78, 5) is 13.0. The predicted octanol–water partition coefficient (Wildman–Crippen LogP) is 2.79. The summed E-state index contributed by atoms with van der Waals surface area (Å²) in [6, 6.07) is 9.86. The molecule has 0 aromatic heterocycles. The number of nitrogens with zero attached hydrogens (tertiary/aromatic N) is 2. The summed E-state index contributed by atoms with van der Waals surface area (Å²) >= 11 is 6.20. The largest absolute Gasteiger partial charge is 0.379 e. The first-order valence-electron chi connectivity index (χ1n) is 11.0. The minimum atomic E-state index is -3.73. The van der Waals surface area contributed by atoms with Crippen LogP contribution in [0.1, 0.15) is 29.6 Å². The number of morpholine rings is 1. The number of carbonyl (C=O) groups excluding carboxylic acids is 1. The van der Waals surface area contributed by atoms with E-state index in [2.05, 4.69) is 5.32 Å². The second kappa shape index (κ2) is 10.3. The van der Waals surface area contributed by atoms with E-state index in [0.717, 1.165) is 19.3 Å². The maximum absolute atomic E-state index is 13.0. The molecule has 0 saturated carbocycles. The van der Waals surface area contributed by atoms with Crippen molar-refractivity contribution in [3.8, 4) is 0 Å². The molecule has 0 atom stereocenters. The Bertz CT molecular complexity index is 1250. The van der Waals surface area contributed by atoms with Gasteiger partial charge in [-0.05, 0) is 55.3 Å². The molecule has 2 aliphatic rings. The zero-order valence-electron chi connectivity index (χ0n) is 18.4. The van der Waals surface area contributed by atoms with Crippen molar-refractivity contribution >= 4 is 43.2 Å². The minimum Gasteiger partial charge on any atom is -0.379 e. The SMILES string of the molecule is O=C(Nc1ccc(S(=O)(=O)N2CCOCC2)cc1)c1cc(S(=O)(=O)N2CCCCC2)ccc1Cl. The molecule has 9 nitrogen and oxygen atoms in total. The first kappa shape index (κ1) is 25.1. The lowest BCUT2D eigenvalue weighted by molar-refractivity contribution is 0.0730. The smallest absolute Gasteiger partial charge is 0.257 e. The highest BCUT2D eigenvalue weighted by Gasteiger charge is 2.28. The topological polar surface area (TPSA) is 113 Å². The van der Waals surface area contributed by atoms with Gasteiger partial charge in [-0.2, -0.15) is 8.61 Å². The van der Waals surface area contributed by atoms with Crippen LogP contribution in [0.4, 0.5) is 5.69 Å². The molecular formula is C22H26ClN3O6S2. The summed E-state index contributed by atoms with van der Waals surface area (Å²) in [7, 11) is -7.38. The maximum Gasteiger partial charge on any atom is 0.257 e. The summed E-state index contributed by atoms with van der Waals surface area (Å²) in [5.41, 5.74) is 0.371. The average molecular weight is 528 g/mol. The Morgan fingerprint density at radius 2 is 1.35 bits per heavy atom. The highest BCUT2D eigenvalue weighted by molar-refractivity contribution is 7.89. The third kappa shape index (κ3) is 5.29. The van der Waals surface area contributed by atoms with Crippen molar-refractivity contribution in [1.82, 2.24) is 8.61 Å². The zero-order valence-corrected chi connectivity index (χ0v) is 20.8. The van der Waals surface area contributed by atoms with E-state index < -0.39 is 26.0 Å². The number of nitrogens with one attached hydrogen (secondary N) is 1. The van der Waals surface area contributed by atoms with E-state index in [1.807, 2.05) is 0 Å². The lowest BCUT2D eigenvalue weighted by atomic mass is 10.2. The Hall–Kier alpha value is -2.02. The number of halogens is 1. The van der Waals surface area contributed by atoms with E-state index >= 15 is 0 Å². The van der Waals surface area contributed by atoms with Gasteiger partial charge >= 0.3 is 0 Å². The molecule has 184 valence electrons. The molecule has 12 heteroatoms. The fourth-order valence-electron chi connectivity index (χ4n) is 3.94. The van der Waals surface area contributed by atoms with Crippen LogP contribution in [0.3, 0.4) is 0 Å². The Morgan fingerprint density at radius 3 is 2.00 bits per heavy atom. The highest BCUT2D eigenvalue weighted by atomic mass is 35.5. The molecule has 0 unspecified atom stereocenters. The van der Waals surface area contributed by atoms with Crippen molar-refractivity contribution in [1.29, 1.82) is 0 Å². The van der Waals surface area contributed by atoms with Gasteiger partial charge < -0.3 is 10.1 Å². The first-order valence-corrected chi connectivity index (χ1v) is 14.2. The van der Waals surface area contributed by atoms with E-state index in [9.17, 15) is 21.6 Å². The molecule has 0 radical (unpaired) electrons. The van der Waals surface area contributed by atoms with Gasteiger partial charge in [0.2, 0.25) is 20.0 Å². The second-order valence-electron chi connectivity index (χ2n) is 8.10. The standard InChI is InChI=1S/C22H26ClN3O6S2/c23-21-9-8-19(34(30,31)25-10-2-1-3-11-25)16-20(21)22(27)24-17-4-6-18(7-5-17)33(28,29)26-12-14-32-15-13-26/h4-9,16H,1-3,10-15H2,(H,24,27). The number of rotatable bonds is 6. The van der Waals surface area contributed by atoms with Gasteiger partial charge in [-0.1, -0.05) is 18.0 Å². The highest BCUT2D eigenvalue weighted by Crippen LogP contribution is 2.26. The number of ether oxygens (including phenoxy) is 1. The van der Waals surface area contributed by atoms with Gasteiger partial charge in [-0.15, -0.1) is 0 Å². The van der Waals surface area contributed by atoms with Crippen LogP contribution >= 0.6 is 11.6 Å². The maximum atomic E-state index is 13.0. The van der Waals surface area contributed by atoms with E-state index in [0.29, 0.717) is 32.0 Å². The van der Waals surface area contributed by atoms with Crippen LogP contribution in [0.5, 0.6) is 0 Å². The Morgan fingerprint density at radius 1 is 0.794 bits per heavy atom. The van der Waals surface area contributed by atoms with Crippen LogP contribution in [0, 0.1) is 0 Å². The van der Waals surface area contributed by atoms with Crippen molar-refractivity contribution in [2.24, 2.45) is 0 Å². The van der Waals surface area contributed by atoms with Crippen LogP contribution in [-0.4, -0.2) is 70.7 Å². The third-order valence-corrected chi connectivity index (χ3v) is 9.99. The van der Waals surface area contributed by atoms with Crippen LogP contribution in [0.25, 0.3) is 0 Å². The number of sulfonamides is 2. The van der Waals surface area contributed by atoms with Gasteiger partial charge in [0.1, 0.15) is 0 Å². The molecule has 2 aliphatic heterocycles. The van der Waals surface area contributed by atoms with E-state index in [1.165, 1.54) is 51.1 Å². The number of carbonyl (C=O) groups is 1. The van der Waals surface area contributed by atoms with Crippen LogP contribution in [0.2, 0.25) is 5.02 Å². The van der Waals surface area contributed by atoms with Gasteiger partial charge in [0.15, 0.2) is 0 Å². The number of amides is 1. The molecule has 2 saturated heterocycles. The molecule has 1 N–H and O–H groups in total. The number of hydrogen-bond acceptors (Lipinski definition) is 6. The van der Waals surface area contributed by atoms with Crippen LogP contribution in [-0.2, 0) is 24.8 Å². The summed E-state index contributed by atoms with van der Waals surface area (Å²) in [6.45, 7) is 2.17. The molecule has 2 fully saturated rings. The molecule has 1 amide bonds. The average Bonchev–Trinajstić information content (AvgIpc) is 2.85. The molecular weight excluding hydrogens is 502 g/mol. The molecule has 2 aromatic rings. The summed E-state index contributed by atoms with van der Waals surface area (Å²) in [6.07, 6.45) is 2.60. The molecule has 34 heavy (non-hydrogen) atoms. The van der Waals surface area contributed by atoms with Crippen LogP contribution in [0.15, 0.2) is 52.3 Å². The lowest BCUT2D eigenvalue weighted by Gasteiger charge is -2.26. The summed E-state index contributed by atoms with van der Waals surface area (Å²) < 4.78 is 59.4. The van der Waals surface area contributed by atoms with E-state index in [-0.39, 0.29) is 33.5 Å². The van der Waals surface area contributed by atoms with Gasteiger partial charge in [-0.25, -0.2) is 16.8 Å². The van der Waals surface area contributed by atoms with Crippen molar-refractivity contribution in [3.63, 3.8) is 0 Å². The number of anilines is 1. The molecule has 2 heterocycles. The number of piperidine rings is 1. The van der Waals surface area contributed by atoms with E-state index in [1.54, 1.807) is 0 Å². The fraction of sp³-hybridized carbons (Fsp3) is 0.409. The molecule has 0 spiro atoms. The van der Waals surface area contributed by atoms with Crippen molar-refractivity contribution < 1.29 is 26.4 Å². The van der Waals surface area contributed by atoms with Crippen molar-refractivity contribution in [2.75, 3.05) is 44.7 Å². The normalized spacial score (nSPS) is 18.5. The fourth-order valence-corrected chi connectivity index (χ4v) is 7.09. The van der Waals surface area contributed by atoms with Gasteiger partial charge in [0.25, 0.3) is 5.91 Å². The number of benzene rings is 2. The minimum absolute atomic E-state index is 0.0101. The quantitative estimate of drug-likeness (QED) is 0.618.